The Morgan fingerprint density at radius 3 is 2.94 bits per heavy atom. The summed E-state index contributed by atoms with van der Waals surface area (Å²) < 4.78 is 1.97. The lowest BCUT2D eigenvalue weighted by Gasteiger charge is -2.00. The van der Waals surface area contributed by atoms with E-state index in [0.29, 0.717) is 10.8 Å². The first-order chi connectivity index (χ1) is 8.16. The Labute approximate surface area is 102 Å². The molecular formula is C11H10ClN5. The summed E-state index contributed by atoms with van der Waals surface area (Å²) in [7, 11) is 1.94. The second-order valence-electron chi connectivity index (χ2n) is 3.82. The molecule has 0 amide bonds. The Hall–Kier alpha value is -2.01. The monoisotopic (exact) mass is 247 g/mol. The number of imidazole rings is 1. The van der Waals surface area contributed by atoms with Crippen molar-refractivity contribution in [1.29, 1.82) is 0 Å². The van der Waals surface area contributed by atoms with Crippen LogP contribution in [0.5, 0.6) is 0 Å². The Kier molecular flexibility index (Phi) is 2.09. The lowest BCUT2D eigenvalue weighted by Crippen LogP contribution is -1.94. The molecular weight excluding hydrogens is 238 g/mol. The Bertz CT molecular complexity index is 697. The van der Waals surface area contributed by atoms with Gasteiger partial charge in [-0.25, -0.2) is 4.98 Å². The highest BCUT2D eigenvalue weighted by Gasteiger charge is 2.13. The number of anilines is 1. The van der Waals surface area contributed by atoms with Gasteiger partial charge in [0, 0.05) is 12.1 Å². The Morgan fingerprint density at radius 2 is 2.24 bits per heavy atom. The van der Waals surface area contributed by atoms with Gasteiger partial charge in [0.15, 0.2) is 0 Å². The van der Waals surface area contributed by atoms with E-state index in [0.717, 1.165) is 22.4 Å². The summed E-state index contributed by atoms with van der Waals surface area (Å²) in [4.78, 5) is 4.51. The van der Waals surface area contributed by atoms with Gasteiger partial charge in [-0.3, -0.25) is 5.10 Å². The molecule has 2 heterocycles. The molecule has 2 aromatic heterocycles. The smallest absolute Gasteiger partial charge is 0.146 e. The predicted molar refractivity (Wildman–Crippen MR) is 67.7 cm³/mol. The molecule has 3 rings (SSSR count). The molecule has 0 saturated heterocycles. The van der Waals surface area contributed by atoms with E-state index in [-0.39, 0.29) is 0 Å². The van der Waals surface area contributed by atoms with Crippen molar-refractivity contribution < 1.29 is 0 Å². The number of fused-ring (bicyclic) bond motifs is 1. The van der Waals surface area contributed by atoms with Gasteiger partial charge in [-0.15, -0.1) is 0 Å². The topological polar surface area (TPSA) is 72.5 Å². The van der Waals surface area contributed by atoms with Crippen molar-refractivity contribution >= 4 is 28.5 Å². The number of nitrogens with one attached hydrogen (secondary N) is 1. The summed E-state index contributed by atoms with van der Waals surface area (Å²) in [5.74, 6) is 1.28. The summed E-state index contributed by atoms with van der Waals surface area (Å²) in [5.41, 5.74) is 8.44. The lowest BCUT2D eigenvalue weighted by molar-refractivity contribution is 0.960. The predicted octanol–water partition coefficient (Wildman–Crippen LogP) is 2.20. The zero-order chi connectivity index (χ0) is 12.0. The van der Waals surface area contributed by atoms with Crippen LogP contribution in [-0.4, -0.2) is 19.7 Å². The highest BCUT2D eigenvalue weighted by Crippen LogP contribution is 2.27. The van der Waals surface area contributed by atoms with Gasteiger partial charge in [0.05, 0.1) is 22.8 Å². The van der Waals surface area contributed by atoms with Crippen LogP contribution in [0.4, 0.5) is 5.82 Å². The van der Waals surface area contributed by atoms with Crippen molar-refractivity contribution in [1.82, 2.24) is 19.7 Å². The molecule has 0 bridgehead atoms. The van der Waals surface area contributed by atoms with Gasteiger partial charge in [0.25, 0.3) is 0 Å². The number of halogens is 1. The molecule has 0 atom stereocenters. The van der Waals surface area contributed by atoms with E-state index in [4.69, 9.17) is 17.3 Å². The van der Waals surface area contributed by atoms with E-state index < -0.39 is 0 Å². The molecule has 3 N–H and O–H groups in total. The highest BCUT2D eigenvalue weighted by molar-refractivity contribution is 6.31. The summed E-state index contributed by atoms with van der Waals surface area (Å²) in [5, 5.41) is 7.26. The van der Waals surface area contributed by atoms with Crippen LogP contribution in [0.2, 0.25) is 5.02 Å². The van der Waals surface area contributed by atoms with Crippen LogP contribution in [0.15, 0.2) is 24.4 Å². The van der Waals surface area contributed by atoms with Crippen LogP contribution in [0.25, 0.3) is 22.4 Å². The number of hydrogen-bond donors (Lipinski definition) is 2. The number of aryl methyl sites for hydroxylation is 1. The van der Waals surface area contributed by atoms with Gasteiger partial charge in [-0.1, -0.05) is 11.6 Å². The van der Waals surface area contributed by atoms with E-state index in [1.54, 1.807) is 6.20 Å². The van der Waals surface area contributed by atoms with Crippen LogP contribution < -0.4 is 5.73 Å². The number of nitrogens with two attached hydrogens (primary N) is 1. The summed E-state index contributed by atoms with van der Waals surface area (Å²) in [6.07, 6.45) is 1.66. The van der Waals surface area contributed by atoms with Crippen molar-refractivity contribution in [2.24, 2.45) is 7.05 Å². The standard InChI is InChI=1S/C11H10ClN5/c1-17-9-3-2-6(12)4-8(9)15-11(17)7-5-14-16-10(7)13/h2-5H,1H3,(H3,13,14,16). The van der Waals surface area contributed by atoms with Crippen LogP contribution >= 0.6 is 11.6 Å². The van der Waals surface area contributed by atoms with Crippen molar-refractivity contribution in [3.05, 3.63) is 29.4 Å². The van der Waals surface area contributed by atoms with E-state index in [1.807, 2.05) is 29.8 Å². The maximum Gasteiger partial charge on any atom is 0.146 e. The van der Waals surface area contributed by atoms with E-state index in [9.17, 15) is 0 Å². The first-order valence-electron chi connectivity index (χ1n) is 5.08. The molecule has 0 saturated carbocycles. The minimum absolute atomic E-state index is 0.509. The van der Waals surface area contributed by atoms with E-state index in [1.165, 1.54) is 0 Å². The van der Waals surface area contributed by atoms with Crippen molar-refractivity contribution in [2.75, 3.05) is 5.73 Å². The minimum atomic E-state index is 0.509. The van der Waals surface area contributed by atoms with Gasteiger partial charge in [0.2, 0.25) is 0 Å². The maximum absolute atomic E-state index is 5.94. The molecule has 0 aliphatic heterocycles. The second-order valence-corrected chi connectivity index (χ2v) is 4.26. The molecule has 0 unspecified atom stereocenters. The molecule has 6 heteroatoms. The number of nitrogen functional groups attached to an aromatic ring is 1. The third kappa shape index (κ3) is 1.47. The average Bonchev–Trinajstić information content (AvgIpc) is 2.83. The molecule has 0 fully saturated rings. The van der Waals surface area contributed by atoms with Crippen LogP contribution in [-0.2, 0) is 7.05 Å². The number of H-pyrrole nitrogens is 1. The fourth-order valence-corrected chi connectivity index (χ4v) is 2.05. The number of hydrogen-bond acceptors (Lipinski definition) is 3. The number of nitrogens with zero attached hydrogens (tertiary/aromatic N) is 3. The third-order valence-corrected chi connectivity index (χ3v) is 2.99. The van der Waals surface area contributed by atoms with Gasteiger partial charge in [0.1, 0.15) is 11.6 Å². The Balaban J connectivity index is 2.31. The zero-order valence-corrected chi connectivity index (χ0v) is 9.86. The molecule has 5 nitrogen and oxygen atoms in total. The number of aromatic nitrogens is 4. The first-order valence-corrected chi connectivity index (χ1v) is 5.46. The fourth-order valence-electron chi connectivity index (χ4n) is 1.89. The first kappa shape index (κ1) is 10.2. The van der Waals surface area contributed by atoms with Crippen LogP contribution in [0.3, 0.4) is 0 Å². The average molecular weight is 248 g/mol. The van der Waals surface area contributed by atoms with E-state index >= 15 is 0 Å². The molecule has 0 aliphatic rings. The fraction of sp³-hybridized carbons (Fsp3) is 0.0909. The van der Waals surface area contributed by atoms with Gasteiger partial charge in [-0.2, -0.15) is 5.10 Å². The Morgan fingerprint density at radius 1 is 1.41 bits per heavy atom. The SMILES string of the molecule is Cn1c(-c2cn[nH]c2N)nc2cc(Cl)ccc21. The molecule has 0 spiro atoms. The van der Waals surface area contributed by atoms with Gasteiger partial charge < -0.3 is 10.3 Å². The zero-order valence-electron chi connectivity index (χ0n) is 9.11. The molecule has 1 aromatic carbocycles. The van der Waals surface area contributed by atoms with Crippen molar-refractivity contribution in [3.8, 4) is 11.4 Å². The number of rotatable bonds is 1. The molecule has 0 radical (unpaired) electrons. The number of benzene rings is 1. The van der Waals surface area contributed by atoms with Crippen molar-refractivity contribution in [2.45, 2.75) is 0 Å². The molecule has 3 aromatic rings. The lowest BCUT2D eigenvalue weighted by atomic mass is 10.3. The summed E-state index contributed by atoms with van der Waals surface area (Å²) in [6, 6.07) is 5.61. The second kappa shape index (κ2) is 3.49. The maximum atomic E-state index is 5.94. The van der Waals surface area contributed by atoms with Crippen LogP contribution in [0.1, 0.15) is 0 Å². The third-order valence-electron chi connectivity index (χ3n) is 2.75. The molecule has 0 aliphatic carbocycles. The normalized spacial score (nSPS) is 11.2. The highest BCUT2D eigenvalue weighted by atomic mass is 35.5. The summed E-state index contributed by atoms with van der Waals surface area (Å²) >= 11 is 5.94. The quantitative estimate of drug-likeness (QED) is 0.692. The summed E-state index contributed by atoms with van der Waals surface area (Å²) in [6.45, 7) is 0. The number of aromatic amines is 1. The molecule has 17 heavy (non-hydrogen) atoms. The minimum Gasteiger partial charge on any atom is -0.383 e. The van der Waals surface area contributed by atoms with Gasteiger partial charge >= 0.3 is 0 Å². The van der Waals surface area contributed by atoms with Crippen molar-refractivity contribution in [3.63, 3.8) is 0 Å². The molecule has 86 valence electrons. The van der Waals surface area contributed by atoms with Gasteiger partial charge in [-0.05, 0) is 18.2 Å². The largest absolute Gasteiger partial charge is 0.383 e. The van der Waals surface area contributed by atoms with Crippen LogP contribution in [0, 0.1) is 0 Å². The van der Waals surface area contributed by atoms with E-state index in [2.05, 4.69) is 15.2 Å².